The van der Waals surface area contributed by atoms with E-state index in [0.717, 1.165) is 11.3 Å². The van der Waals surface area contributed by atoms with Gasteiger partial charge in [-0.05, 0) is 31.7 Å². The smallest absolute Gasteiger partial charge is 0.124 e. The van der Waals surface area contributed by atoms with E-state index in [1.165, 1.54) is 25.7 Å². The van der Waals surface area contributed by atoms with Gasteiger partial charge in [-0.3, -0.25) is 0 Å². The molecule has 3 heteroatoms. The lowest BCUT2D eigenvalue weighted by molar-refractivity contribution is 0.208. The summed E-state index contributed by atoms with van der Waals surface area (Å²) in [5, 5.41) is 0. The predicted molar refractivity (Wildman–Crippen MR) is 64.5 cm³/mol. The van der Waals surface area contributed by atoms with Gasteiger partial charge in [0.2, 0.25) is 0 Å². The van der Waals surface area contributed by atoms with E-state index in [0.29, 0.717) is 12.6 Å². The summed E-state index contributed by atoms with van der Waals surface area (Å²) in [6.07, 6.45) is 5.41. The van der Waals surface area contributed by atoms with Crippen LogP contribution in [-0.2, 0) is 6.54 Å². The molecule has 84 valence electrons. The van der Waals surface area contributed by atoms with Gasteiger partial charge < -0.3 is 10.5 Å². The van der Waals surface area contributed by atoms with Crippen LogP contribution in [0.1, 0.15) is 31.2 Å². The predicted octanol–water partition coefficient (Wildman–Crippen LogP) is 2.89. The molecule has 0 saturated heterocycles. The van der Waals surface area contributed by atoms with Crippen molar-refractivity contribution in [2.75, 3.05) is 0 Å². The van der Waals surface area contributed by atoms with Gasteiger partial charge >= 0.3 is 0 Å². The van der Waals surface area contributed by atoms with Crippen molar-refractivity contribution in [3.05, 3.63) is 29.8 Å². The van der Waals surface area contributed by atoms with Gasteiger partial charge in [0.25, 0.3) is 0 Å². The fourth-order valence-corrected chi connectivity index (χ4v) is 1.97. The number of para-hydroxylation sites is 1. The van der Waals surface area contributed by atoms with E-state index in [-0.39, 0.29) is 12.4 Å². The van der Waals surface area contributed by atoms with Gasteiger partial charge in [0.15, 0.2) is 0 Å². The molecular formula is C12H18ClNO. The molecule has 2 nitrogen and oxygen atoms in total. The molecule has 1 aromatic carbocycles. The molecule has 0 radical (unpaired) electrons. The average molecular weight is 228 g/mol. The molecule has 15 heavy (non-hydrogen) atoms. The molecule has 2 N–H and O–H groups in total. The zero-order chi connectivity index (χ0) is 9.80. The Balaban J connectivity index is 0.00000112. The zero-order valence-electron chi connectivity index (χ0n) is 8.82. The summed E-state index contributed by atoms with van der Waals surface area (Å²) in [5.74, 6) is 0.974. The largest absolute Gasteiger partial charge is 0.490 e. The minimum absolute atomic E-state index is 0. The highest BCUT2D eigenvalue weighted by atomic mass is 35.5. The highest BCUT2D eigenvalue weighted by molar-refractivity contribution is 5.85. The number of halogens is 1. The molecule has 0 aromatic heterocycles. The van der Waals surface area contributed by atoms with Crippen molar-refractivity contribution >= 4 is 12.4 Å². The summed E-state index contributed by atoms with van der Waals surface area (Å²) in [6.45, 7) is 0.558. The minimum Gasteiger partial charge on any atom is -0.490 e. The van der Waals surface area contributed by atoms with E-state index in [1.807, 2.05) is 24.3 Å². The van der Waals surface area contributed by atoms with Crippen LogP contribution >= 0.6 is 12.4 Å². The van der Waals surface area contributed by atoms with Crippen LogP contribution in [0.2, 0.25) is 0 Å². The van der Waals surface area contributed by atoms with Crippen LogP contribution < -0.4 is 10.5 Å². The van der Waals surface area contributed by atoms with Crippen LogP contribution in [0.5, 0.6) is 5.75 Å². The Morgan fingerprint density at radius 1 is 1.20 bits per heavy atom. The van der Waals surface area contributed by atoms with E-state index >= 15 is 0 Å². The second-order valence-electron chi connectivity index (χ2n) is 3.84. The van der Waals surface area contributed by atoms with Gasteiger partial charge in [0.05, 0.1) is 6.10 Å². The molecular weight excluding hydrogens is 210 g/mol. The van der Waals surface area contributed by atoms with Crippen LogP contribution in [0, 0.1) is 0 Å². The van der Waals surface area contributed by atoms with Crippen molar-refractivity contribution in [2.45, 2.75) is 38.3 Å². The van der Waals surface area contributed by atoms with Crippen molar-refractivity contribution in [1.29, 1.82) is 0 Å². The van der Waals surface area contributed by atoms with Crippen LogP contribution in [0.3, 0.4) is 0 Å². The number of ether oxygens (including phenoxy) is 1. The molecule has 1 aliphatic carbocycles. The topological polar surface area (TPSA) is 35.2 Å². The van der Waals surface area contributed by atoms with Gasteiger partial charge in [-0.2, -0.15) is 0 Å². The molecule has 1 aliphatic rings. The van der Waals surface area contributed by atoms with Crippen LogP contribution in [-0.4, -0.2) is 6.10 Å². The maximum Gasteiger partial charge on any atom is 0.124 e. The summed E-state index contributed by atoms with van der Waals surface area (Å²) in [6, 6.07) is 8.05. The molecule has 0 atom stereocenters. The quantitative estimate of drug-likeness (QED) is 0.862. The summed E-state index contributed by atoms with van der Waals surface area (Å²) >= 11 is 0. The van der Waals surface area contributed by atoms with Crippen molar-refractivity contribution in [1.82, 2.24) is 0 Å². The number of benzene rings is 1. The Hall–Kier alpha value is -0.730. The molecule has 0 spiro atoms. The van der Waals surface area contributed by atoms with E-state index in [4.69, 9.17) is 10.5 Å². The number of hydrogen-bond donors (Lipinski definition) is 1. The van der Waals surface area contributed by atoms with E-state index in [2.05, 4.69) is 0 Å². The molecule has 0 unspecified atom stereocenters. The van der Waals surface area contributed by atoms with Crippen LogP contribution in [0.4, 0.5) is 0 Å². The highest BCUT2D eigenvalue weighted by Gasteiger charge is 2.17. The van der Waals surface area contributed by atoms with Gasteiger partial charge in [-0.15, -0.1) is 12.4 Å². The maximum absolute atomic E-state index is 5.92. The first kappa shape index (κ1) is 12.3. The summed E-state index contributed by atoms with van der Waals surface area (Å²) < 4.78 is 5.92. The van der Waals surface area contributed by atoms with Gasteiger partial charge in [-0.25, -0.2) is 0 Å². The lowest BCUT2D eigenvalue weighted by atomic mass is 10.2. The second-order valence-corrected chi connectivity index (χ2v) is 3.84. The normalized spacial score (nSPS) is 16.1. The zero-order valence-corrected chi connectivity index (χ0v) is 9.63. The fraction of sp³-hybridized carbons (Fsp3) is 0.500. The summed E-state index contributed by atoms with van der Waals surface area (Å²) in [5.41, 5.74) is 6.76. The Bertz CT molecular complexity index is 297. The maximum atomic E-state index is 5.92. The first-order valence-corrected chi connectivity index (χ1v) is 5.35. The van der Waals surface area contributed by atoms with Crippen LogP contribution in [0.15, 0.2) is 24.3 Å². The summed E-state index contributed by atoms with van der Waals surface area (Å²) in [4.78, 5) is 0. The molecule has 0 amide bonds. The Morgan fingerprint density at radius 2 is 1.87 bits per heavy atom. The van der Waals surface area contributed by atoms with Crippen molar-refractivity contribution in [2.24, 2.45) is 5.73 Å². The lowest BCUT2D eigenvalue weighted by Gasteiger charge is -2.15. The number of hydrogen-bond acceptors (Lipinski definition) is 2. The third-order valence-corrected chi connectivity index (χ3v) is 2.79. The van der Waals surface area contributed by atoms with Crippen molar-refractivity contribution in [3.8, 4) is 5.75 Å². The third-order valence-electron chi connectivity index (χ3n) is 2.79. The van der Waals surface area contributed by atoms with Crippen LogP contribution in [0.25, 0.3) is 0 Å². The minimum atomic E-state index is 0. The Kier molecular flexibility index (Phi) is 4.92. The van der Waals surface area contributed by atoms with E-state index in [1.54, 1.807) is 0 Å². The average Bonchev–Trinajstić information content (AvgIpc) is 2.71. The third kappa shape index (κ3) is 3.11. The van der Waals surface area contributed by atoms with Gasteiger partial charge in [-0.1, -0.05) is 18.2 Å². The monoisotopic (exact) mass is 227 g/mol. The highest BCUT2D eigenvalue weighted by Crippen LogP contribution is 2.26. The summed E-state index contributed by atoms with van der Waals surface area (Å²) in [7, 11) is 0. The van der Waals surface area contributed by atoms with E-state index < -0.39 is 0 Å². The fourth-order valence-electron chi connectivity index (χ4n) is 1.97. The molecule has 1 saturated carbocycles. The molecule has 0 aliphatic heterocycles. The Labute approximate surface area is 97.2 Å². The number of nitrogens with two attached hydrogens (primary N) is 1. The van der Waals surface area contributed by atoms with E-state index in [9.17, 15) is 0 Å². The molecule has 2 rings (SSSR count). The Morgan fingerprint density at radius 3 is 2.53 bits per heavy atom. The first-order valence-electron chi connectivity index (χ1n) is 5.35. The molecule has 1 fully saturated rings. The molecule has 0 bridgehead atoms. The van der Waals surface area contributed by atoms with Crippen molar-refractivity contribution in [3.63, 3.8) is 0 Å². The standard InChI is InChI=1S/C12H17NO.ClH/c13-9-10-5-1-4-8-12(10)14-11-6-2-3-7-11;/h1,4-5,8,11H,2-3,6-7,9,13H2;1H. The first-order chi connectivity index (χ1) is 6.90. The SMILES string of the molecule is Cl.NCc1ccccc1OC1CCCC1. The molecule has 1 aromatic rings. The lowest BCUT2D eigenvalue weighted by Crippen LogP contribution is -2.13. The second kappa shape index (κ2) is 5.99. The van der Waals surface area contributed by atoms with Gasteiger partial charge in [0.1, 0.15) is 5.75 Å². The number of rotatable bonds is 3. The van der Waals surface area contributed by atoms with Gasteiger partial charge in [0, 0.05) is 12.1 Å². The molecule has 0 heterocycles. The van der Waals surface area contributed by atoms with Crippen molar-refractivity contribution < 1.29 is 4.74 Å².